The predicted molar refractivity (Wildman–Crippen MR) is 51.8 cm³/mol. The Morgan fingerprint density at radius 1 is 0.929 bits per heavy atom. The van der Waals surface area contributed by atoms with Crippen LogP contribution in [0.2, 0.25) is 0 Å². The molecule has 0 saturated heterocycles. The van der Waals surface area contributed by atoms with Gasteiger partial charge in [-0.25, -0.2) is 0 Å². The van der Waals surface area contributed by atoms with Crippen molar-refractivity contribution in [2.45, 2.75) is 0 Å². The van der Waals surface area contributed by atoms with Crippen LogP contribution in [-0.4, -0.2) is 20.4 Å². The van der Waals surface area contributed by atoms with E-state index in [2.05, 4.69) is 20.4 Å². The standard InChI is InChI=1S/C10H6N4/c1-2-4-8-7(3-1)5-9-10(6-11-8)13-14-12-9/h1-6H. The molecule has 0 saturated carbocycles. The fourth-order valence-corrected chi connectivity index (χ4v) is 1.42. The van der Waals surface area contributed by atoms with Crippen LogP contribution in [0.5, 0.6) is 0 Å². The van der Waals surface area contributed by atoms with Gasteiger partial charge in [0.2, 0.25) is 0 Å². The molecule has 3 rings (SSSR count). The first-order valence-corrected chi connectivity index (χ1v) is 4.27. The Morgan fingerprint density at radius 3 is 2.79 bits per heavy atom. The summed E-state index contributed by atoms with van der Waals surface area (Å²) < 4.78 is 0. The Kier molecular flexibility index (Phi) is 1.41. The van der Waals surface area contributed by atoms with Crippen LogP contribution in [0.15, 0.2) is 36.5 Å². The molecule has 0 fully saturated rings. The van der Waals surface area contributed by atoms with Gasteiger partial charge in [-0.05, 0) is 17.3 Å². The van der Waals surface area contributed by atoms with Crippen molar-refractivity contribution >= 4 is 10.9 Å². The lowest BCUT2D eigenvalue weighted by Crippen LogP contribution is -1.70. The second-order valence-corrected chi connectivity index (χ2v) is 3.02. The zero-order valence-corrected chi connectivity index (χ0v) is 7.25. The molecule has 0 aromatic heterocycles. The van der Waals surface area contributed by atoms with Gasteiger partial charge in [-0.2, -0.15) is 0 Å². The van der Waals surface area contributed by atoms with Crippen LogP contribution in [0.1, 0.15) is 0 Å². The van der Waals surface area contributed by atoms with Crippen LogP contribution in [0.25, 0.3) is 22.3 Å². The van der Waals surface area contributed by atoms with Crippen molar-refractivity contribution in [3.63, 3.8) is 0 Å². The van der Waals surface area contributed by atoms with Crippen molar-refractivity contribution in [1.82, 2.24) is 20.4 Å². The van der Waals surface area contributed by atoms with Crippen LogP contribution >= 0.6 is 0 Å². The maximum atomic E-state index is 4.30. The number of fused-ring (bicyclic) bond motifs is 2. The van der Waals surface area contributed by atoms with Crippen LogP contribution in [0.3, 0.4) is 0 Å². The highest BCUT2D eigenvalue weighted by Gasteiger charge is 2.05. The van der Waals surface area contributed by atoms with Crippen molar-refractivity contribution in [2.24, 2.45) is 0 Å². The minimum atomic E-state index is 0.723. The first kappa shape index (κ1) is 7.32. The SMILES string of the molecule is c1ccc2ncc3nnnc-3cc2c1. The zero-order chi connectivity index (χ0) is 9.38. The molecule has 2 aliphatic rings. The first-order chi connectivity index (χ1) is 6.93. The molecule has 0 atom stereocenters. The summed E-state index contributed by atoms with van der Waals surface area (Å²) in [6.45, 7) is 0. The van der Waals surface area contributed by atoms with Crippen LogP contribution in [0.4, 0.5) is 0 Å². The Balaban J connectivity index is 2.48. The Bertz CT molecular complexity index is 564. The third-order valence-corrected chi connectivity index (χ3v) is 2.12. The number of para-hydroxylation sites is 1. The molecule has 0 spiro atoms. The fourth-order valence-electron chi connectivity index (χ4n) is 1.42. The third-order valence-electron chi connectivity index (χ3n) is 2.12. The smallest absolute Gasteiger partial charge is 0.133 e. The van der Waals surface area contributed by atoms with Gasteiger partial charge >= 0.3 is 0 Å². The Labute approximate surface area is 80.0 Å². The normalized spacial score (nSPS) is 10.9. The van der Waals surface area contributed by atoms with Gasteiger partial charge in [0.25, 0.3) is 0 Å². The van der Waals surface area contributed by atoms with Gasteiger partial charge in [-0.3, -0.25) is 4.98 Å². The number of hydrogen-bond acceptors (Lipinski definition) is 4. The average molecular weight is 182 g/mol. The summed E-state index contributed by atoms with van der Waals surface area (Å²) in [6, 6.07) is 9.83. The maximum Gasteiger partial charge on any atom is 0.133 e. The maximum absolute atomic E-state index is 4.30. The fraction of sp³-hybridized carbons (Fsp3) is 0. The van der Waals surface area contributed by atoms with Crippen molar-refractivity contribution in [1.29, 1.82) is 0 Å². The summed E-state index contributed by atoms with van der Waals surface area (Å²) in [7, 11) is 0. The lowest BCUT2D eigenvalue weighted by atomic mass is 10.2. The average Bonchev–Trinajstić information content (AvgIpc) is 2.58. The summed E-state index contributed by atoms with van der Waals surface area (Å²) >= 11 is 0. The Hall–Kier alpha value is -2.10. The van der Waals surface area contributed by atoms with Crippen molar-refractivity contribution in [2.75, 3.05) is 0 Å². The summed E-state index contributed by atoms with van der Waals surface area (Å²) in [5, 5.41) is 12.4. The first-order valence-electron chi connectivity index (χ1n) is 4.27. The largest absolute Gasteiger partial charge is 0.254 e. The van der Waals surface area contributed by atoms with Gasteiger partial charge < -0.3 is 0 Å². The molecule has 0 unspecified atom stereocenters. The monoisotopic (exact) mass is 182 g/mol. The number of benzene rings is 1. The topological polar surface area (TPSA) is 51.6 Å². The van der Waals surface area contributed by atoms with Crippen LogP contribution in [0, 0.1) is 0 Å². The second kappa shape index (κ2) is 2.70. The second-order valence-electron chi connectivity index (χ2n) is 3.02. The number of nitrogens with zero attached hydrogens (tertiary/aromatic N) is 4. The van der Waals surface area contributed by atoms with Crippen LogP contribution < -0.4 is 0 Å². The van der Waals surface area contributed by atoms with Gasteiger partial charge in [-0.15, -0.1) is 10.2 Å². The van der Waals surface area contributed by atoms with E-state index in [1.807, 2.05) is 30.3 Å². The highest BCUT2D eigenvalue weighted by Crippen LogP contribution is 2.18. The van der Waals surface area contributed by atoms with Crippen LogP contribution in [-0.2, 0) is 0 Å². The van der Waals surface area contributed by atoms with E-state index in [1.165, 1.54) is 0 Å². The van der Waals surface area contributed by atoms with Gasteiger partial charge in [0.15, 0.2) is 0 Å². The molecule has 0 N–H and O–H groups in total. The van der Waals surface area contributed by atoms with E-state index in [0.717, 1.165) is 22.3 Å². The lowest BCUT2D eigenvalue weighted by Gasteiger charge is -1.87. The zero-order valence-electron chi connectivity index (χ0n) is 7.25. The number of hydrogen-bond donors (Lipinski definition) is 0. The van der Waals surface area contributed by atoms with E-state index in [0.29, 0.717) is 0 Å². The minimum Gasteiger partial charge on any atom is -0.254 e. The molecule has 1 aromatic carbocycles. The quantitative estimate of drug-likeness (QED) is 0.529. The molecule has 0 bridgehead atoms. The summed E-state index contributed by atoms with van der Waals surface area (Å²) in [5.41, 5.74) is 2.44. The summed E-state index contributed by atoms with van der Waals surface area (Å²) in [5.74, 6) is 0. The third kappa shape index (κ3) is 1.01. The lowest BCUT2D eigenvalue weighted by molar-refractivity contribution is 0.952. The van der Waals surface area contributed by atoms with Gasteiger partial charge in [0, 0.05) is 5.39 Å². The molecular weight excluding hydrogens is 176 g/mol. The molecule has 4 nitrogen and oxygen atoms in total. The van der Waals surface area contributed by atoms with Crippen molar-refractivity contribution in [3.05, 3.63) is 36.5 Å². The highest BCUT2D eigenvalue weighted by atomic mass is 15.3. The van der Waals surface area contributed by atoms with Crippen molar-refractivity contribution in [3.8, 4) is 11.4 Å². The molecule has 66 valence electrons. The molecule has 14 heavy (non-hydrogen) atoms. The summed E-state index contributed by atoms with van der Waals surface area (Å²) in [6.07, 6.45) is 1.69. The molecule has 0 amide bonds. The van der Waals surface area contributed by atoms with E-state index in [4.69, 9.17) is 0 Å². The van der Waals surface area contributed by atoms with Gasteiger partial charge in [0.05, 0.1) is 11.7 Å². The van der Waals surface area contributed by atoms with E-state index in [1.54, 1.807) is 6.20 Å². The number of aromatic nitrogens is 4. The molecule has 0 radical (unpaired) electrons. The highest BCUT2D eigenvalue weighted by molar-refractivity contribution is 5.81. The van der Waals surface area contributed by atoms with Crippen molar-refractivity contribution < 1.29 is 0 Å². The van der Waals surface area contributed by atoms with E-state index in [-0.39, 0.29) is 0 Å². The molecule has 2 aliphatic heterocycles. The molecule has 2 heterocycles. The number of rotatable bonds is 0. The van der Waals surface area contributed by atoms with E-state index < -0.39 is 0 Å². The molecule has 0 aliphatic carbocycles. The molecule has 4 heteroatoms. The Morgan fingerprint density at radius 2 is 1.79 bits per heavy atom. The van der Waals surface area contributed by atoms with E-state index in [9.17, 15) is 0 Å². The van der Waals surface area contributed by atoms with Gasteiger partial charge in [-0.1, -0.05) is 18.2 Å². The minimum absolute atomic E-state index is 0.723. The molecule has 1 aromatic rings. The molecular formula is C10H6N4. The van der Waals surface area contributed by atoms with E-state index >= 15 is 0 Å². The summed E-state index contributed by atoms with van der Waals surface area (Å²) in [4.78, 5) is 4.30. The predicted octanol–water partition coefficient (Wildman–Crippen LogP) is 1.52. The van der Waals surface area contributed by atoms with Gasteiger partial charge in [0.1, 0.15) is 11.4 Å².